The predicted octanol–water partition coefficient (Wildman–Crippen LogP) is 2.88. The number of para-hydroxylation sites is 1. The summed E-state index contributed by atoms with van der Waals surface area (Å²) in [4.78, 5) is 26.4. The van der Waals surface area contributed by atoms with Crippen molar-refractivity contribution in [2.45, 2.75) is 26.4 Å². The summed E-state index contributed by atoms with van der Waals surface area (Å²) in [6, 6.07) is 8.45. The molecule has 0 saturated heterocycles. The molecule has 2 rings (SSSR count). The number of ether oxygens (including phenoxy) is 1. The Hall–Kier alpha value is -2.30. The molecule has 19 heavy (non-hydrogen) atoms. The Labute approximate surface area is 110 Å². The van der Waals surface area contributed by atoms with Crippen molar-refractivity contribution in [1.29, 1.82) is 0 Å². The number of benzene rings is 1. The summed E-state index contributed by atoms with van der Waals surface area (Å²) in [5.74, 6) is 0.318. The van der Waals surface area contributed by atoms with Gasteiger partial charge in [0.15, 0.2) is 5.43 Å². The summed E-state index contributed by atoms with van der Waals surface area (Å²) in [6.07, 6.45) is -0.599. The first kappa shape index (κ1) is 13.1. The number of amides is 1. The molecule has 0 bridgehead atoms. The molecule has 0 aliphatic carbocycles. The zero-order valence-corrected chi connectivity index (χ0v) is 11.1. The second kappa shape index (κ2) is 4.76. The fourth-order valence-electron chi connectivity index (χ4n) is 1.68. The molecular weight excluding hydrogens is 244 g/mol. The molecule has 0 spiro atoms. The van der Waals surface area contributed by atoms with Gasteiger partial charge in [0.1, 0.15) is 11.4 Å². The van der Waals surface area contributed by atoms with Crippen LogP contribution in [0.25, 0.3) is 10.9 Å². The minimum absolute atomic E-state index is 0.152. The van der Waals surface area contributed by atoms with Crippen molar-refractivity contribution in [3.8, 4) is 0 Å². The van der Waals surface area contributed by atoms with Crippen molar-refractivity contribution in [1.82, 2.24) is 4.98 Å². The van der Waals surface area contributed by atoms with Crippen molar-refractivity contribution in [2.75, 3.05) is 5.32 Å². The maximum Gasteiger partial charge on any atom is 0.413 e. The van der Waals surface area contributed by atoms with Gasteiger partial charge in [0.25, 0.3) is 0 Å². The molecule has 1 aromatic heterocycles. The molecule has 0 atom stereocenters. The van der Waals surface area contributed by atoms with E-state index in [1.54, 1.807) is 39.0 Å². The first-order valence-corrected chi connectivity index (χ1v) is 5.97. The van der Waals surface area contributed by atoms with Crippen LogP contribution in [0.4, 0.5) is 10.6 Å². The second-order valence-corrected chi connectivity index (χ2v) is 5.22. The van der Waals surface area contributed by atoms with E-state index < -0.39 is 11.7 Å². The molecule has 0 saturated carbocycles. The molecule has 0 aliphatic heterocycles. The summed E-state index contributed by atoms with van der Waals surface area (Å²) in [6.45, 7) is 5.32. The van der Waals surface area contributed by atoms with Crippen molar-refractivity contribution in [3.05, 3.63) is 40.6 Å². The normalized spacial score (nSPS) is 11.3. The highest BCUT2D eigenvalue weighted by atomic mass is 16.6. The van der Waals surface area contributed by atoms with Gasteiger partial charge in [-0.15, -0.1) is 0 Å². The van der Waals surface area contributed by atoms with E-state index in [4.69, 9.17) is 4.74 Å². The van der Waals surface area contributed by atoms with Crippen LogP contribution in [0, 0.1) is 0 Å². The number of fused-ring (bicyclic) bond motifs is 1. The Bertz CT molecular complexity index is 668. The van der Waals surface area contributed by atoms with E-state index in [1.807, 2.05) is 6.07 Å². The van der Waals surface area contributed by atoms with E-state index in [0.717, 1.165) is 0 Å². The highest BCUT2D eigenvalue weighted by molar-refractivity contribution is 5.86. The molecule has 1 aromatic carbocycles. The SMILES string of the molecule is CC(C)(C)OC(=O)Nc1cc(=O)c2ccccc2[nH]1. The fraction of sp³-hybridized carbons (Fsp3) is 0.286. The lowest BCUT2D eigenvalue weighted by Crippen LogP contribution is -2.27. The van der Waals surface area contributed by atoms with Gasteiger partial charge < -0.3 is 9.72 Å². The summed E-state index contributed by atoms with van der Waals surface area (Å²) in [5.41, 5.74) is -0.0669. The van der Waals surface area contributed by atoms with Crippen LogP contribution in [-0.2, 0) is 4.74 Å². The minimum atomic E-state index is -0.599. The monoisotopic (exact) mass is 260 g/mol. The smallest absolute Gasteiger partial charge is 0.413 e. The summed E-state index contributed by atoms with van der Waals surface area (Å²) < 4.78 is 5.12. The van der Waals surface area contributed by atoms with Crippen LogP contribution in [0.2, 0.25) is 0 Å². The summed E-state index contributed by atoms with van der Waals surface area (Å²) >= 11 is 0. The van der Waals surface area contributed by atoms with Gasteiger partial charge in [-0.25, -0.2) is 4.79 Å². The Balaban J connectivity index is 2.27. The largest absolute Gasteiger partial charge is 0.444 e. The zero-order chi connectivity index (χ0) is 14.0. The summed E-state index contributed by atoms with van der Waals surface area (Å²) in [7, 11) is 0. The van der Waals surface area contributed by atoms with Crippen LogP contribution < -0.4 is 10.7 Å². The van der Waals surface area contributed by atoms with Crippen LogP contribution in [0.3, 0.4) is 0 Å². The molecule has 2 N–H and O–H groups in total. The Morgan fingerprint density at radius 1 is 1.26 bits per heavy atom. The number of hydrogen-bond donors (Lipinski definition) is 2. The van der Waals surface area contributed by atoms with Gasteiger partial charge in [-0.3, -0.25) is 10.1 Å². The number of hydrogen-bond acceptors (Lipinski definition) is 3. The number of rotatable bonds is 1. The minimum Gasteiger partial charge on any atom is -0.444 e. The lowest BCUT2D eigenvalue weighted by Gasteiger charge is -2.19. The van der Waals surface area contributed by atoms with Gasteiger partial charge in [0, 0.05) is 11.5 Å². The third-order valence-electron chi connectivity index (χ3n) is 2.37. The highest BCUT2D eigenvalue weighted by Gasteiger charge is 2.16. The van der Waals surface area contributed by atoms with Crippen LogP contribution in [-0.4, -0.2) is 16.7 Å². The Morgan fingerprint density at radius 2 is 1.95 bits per heavy atom. The van der Waals surface area contributed by atoms with Crippen LogP contribution in [0.5, 0.6) is 0 Å². The molecule has 0 radical (unpaired) electrons. The quantitative estimate of drug-likeness (QED) is 0.828. The van der Waals surface area contributed by atoms with Crippen molar-refractivity contribution >= 4 is 22.8 Å². The Morgan fingerprint density at radius 3 is 2.63 bits per heavy atom. The first-order valence-electron chi connectivity index (χ1n) is 5.97. The average molecular weight is 260 g/mol. The fourth-order valence-corrected chi connectivity index (χ4v) is 1.68. The van der Waals surface area contributed by atoms with E-state index in [9.17, 15) is 9.59 Å². The van der Waals surface area contributed by atoms with E-state index in [1.165, 1.54) is 6.07 Å². The number of carbonyl (C=O) groups excluding carboxylic acids is 1. The average Bonchev–Trinajstić information content (AvgIpc) is 2.26. The predicted molar refractivity (Wildman–Crippen MR) is 74.4 cm³/mol. The van der Waals surface area contributed by atoms with Crippen LogP contribution >= 0.6 is 0 Å². The maximum absolute atomic E-state index is 11.9. The lowest BCUT2D eigenvalue weighted by atomic mass is 10.2. The molecule has 0 fully saturated rings. The van der Waals surface area contributed by atoms with E-state index >= 15 is 0 Å². The van der Waals surface area contributed by atoms with E-state index in [2.05, 4.69) is 10.3 Å². The van der Waals surface area contributed by atoms with Gasteiger partial charge in [0.2, 0.25) is 0 Å². The molecule has 5 nitrogen and oxygen atoms in total. The van der Waals surface area contributed by atoms with E-state index in [0.29, 0.717) is 16.7 Å². The van der Waals surface area contributed by atoms with E-state index in [-0.39, 0.29) is 5.43 Å². The molecule has 1 amide bonds. The molecule has 5 heteroatoms. The van der Waals surface area contributed by atoms with Crippen molar-refractivity contribution in [3.63, 3.8) is 0 Å². The van der Waals surface area contributed by atoms with Gasteiger partial charge in [0.05, 0.1) is 5.52 Å². The molecule has 1 heterocycles. The first-order chi connectivity index (χ1) is 8.85. The standard InChI is InChI=1S/C14H16N2O3/c1-14(2,3)19-13(18)16-12-8-11(17)9-6-4-5-7-10(9)15-12/h4-8H,1-3H3,(H2,15,16,17,18). The third-order valence-corrected chi connectivity index (χ3v) is 2.37. The summed E-state index contributed by atoms with van der Waals surface area (Å²) in [5, 5.41) is 3.10. The molecule has 0 aliphatic rings. The number of aromatic amines is 1. The molecular formula is C14H16N2O3. The van der Waals surface area contributed by atoms with Crippen molar-refractivity contribution in [2.24, 2.45) is 0 Å². The number of nitrogens with one attached hydrogen (secondary N) is 2. The topological polar surface area (TPSA) is 71.2 Å². The van der Waals surface area contributed by atoms with Crippen LogP contribution in [0.15, 0.2) is 35.1 Å². The third kappa shape index (κ3) is 3.34. The van der Waals surface area contributed by atoms with Gasteiger partial charge in [-0.2, -0.15) is 0 Å². The number of aromatic nitrogens is 1. The molecule has 2 aromatic rings. The number of H-pyrrole nitrogens is 1. The number of carbonyl (C=O) groups is 1. The number of pyridine rings is 1. The van der Waals surface area contributed by atoms with Gasteiger partial charge in [-0.1, -0.05) is 12.1 Å². The lowest BCUT2D eigenvalue weighted by molar-refractivity contribution is 0.0635. The molecule has 0 unspecified atom stereocenters. The Kier molecular flexibility index (Phi) is 3.29. The zero-order valence-electron chi connectivity index (χ0n) is 11.1. The van der Waals surface area contributed by atoms with Crippen molar-refractivity contribution < 1.29 is 9.53 Å². The van der Waals surface area contributed by atoms with Gasteiger partial charge >= 0.3 is 6.09 Å². The van der Waals surface area contributed by atoms with Gasteiger partial charge in [-0.05, 0) is 32.9 Å². The second-order valence-electron chi connectivity index (χ2n) is 5.22. The number of anilines is 1. The maximum atomic E-state index is 11.9. The molecule has 100 valence electrons. The highest BCUT2D eigenvalue weighted by Crippen LogP contribution is 2.12. The van der Waals surface area contributed by atoms with Crippen LogP contribution in [0.1, 0.15) is 20.8 Å².